The molecule has 3 rings (SSSR count). The van der Waals surface area contributed by atoms with Crippen LogP contribution in [0.3, 0.4) is 0 Å². The summed E-state index contributed by atoms with van der Waals surface area (Å²) in [5, 5.41) is 0.138. The molecule has 29 heavy (non-hydrogen) atoms. The molecule has 1 aliphatic heterocycles. The third kappa shape index (κ3) is 4.65. The van der Waals surface area contributed by atoms with Crippen molar-refractivity contribution in [2.24, 2.45) is 5.92 Å². The summed E-state index contributed by atoms with van der Waals surface area (Å²) < 4.78 is 27.8. The van der Waals surface area contributed by atoms with E-state index >= 15 is 0 Å². The van der Waals surface area contributed by atoms with Gasteiger partial charge in [-0.25, -0.2) is 8.42 Å². The number of hydrogen-bond donors (Lipinski definition) is 0. The lowest BCUT2D eigenvalue weighted by Gasteiger charge is -2.30. The first-order valence-electron chi connectivity index (χ1n) is 9.83. The maximum absolute atomic E-state index is 13.2. The molecule has 7 heteroatoms. The number of benzene rings is 2. The number of sulfonamides is 1. The molecule has 1 amide bonds. The van der Waals surface area contributed by atoms with Crippen LogP contribution in [0.4, 0.5) is 0 Å². The lowest BCUT2D eigenvalue weighted by Crippen LogP contribution is -2.39. The molecule has 2 aromatic rings. The second-order valence-corrected chi connectivity index (χ2v) is 10.1. The zero-order chi connectivity index (χ0) is 21.2. The number of carbonyl (C=O) groups is 1. The van der Waals surface area contributed by atoms with E-state index in [2.05, 4.69) is 0 Å². The molecule has 156 valence electrons. The first-order chi connectivity index (χ1) is 13.7. The minimum atomic E-state index is -3.75. The van der Waals surface area contributed by atoms with E-state index in [1.165, 1.54) is 16.4 Å². The van der Waals surface area contributed by atoms with Crippen molar-refractivity contribution in [2.45, 2.75) is 37.6 Å². The van der Waals surface area contributed by atoms with Gasteiger partial charge in [0.05, 0.1) is 11.1 Å². The van der Waals surface area contributed by atoms with Gasteiger partial charge in [0.2, 0.25) is 10.0 Å². The Kier molecular flexibility index (Phi) is 6.66. The van der Waals surface area contributed by atoms with Gasteiger partial charge in [-0.1, -0.05) is 48.9 Å². The highest BCUT2D eigenvalue weighted by atomic mass is 35.5. The highest BCUT2D eigenvalue weighted by Gasteiger charge is 2.31. The fourth-order valence-corrected chi connectivity index (χ4v) is 5.77. The summed E-state index contributed by atoms with van der Waals surface area (Å²) in [6, 6.07) is 14.0. The molecular weight excluding hydrogens is 408 g/mol. The second kappa shape index (κ2) is 8.86. The molecule has 2 atom stereocenters. The minimum Gasteiger partial charge on any atom is -0.335 e. The molecule has 0 aliphatic carbocycles. The summed E-state index contributed by atoms with van der Waals surface area (Å²) in [6.45, 7) is 4.94. The van der Waals surface area contributed by atoms with Gasteiger partial charge in [0.1, 0.15) is 4.90 Å². The van der Waals surface area contributed by atoms with Gasteiger partial charge in [0.25, 0.3) is 5.91 Å². The Morgan fingerprint density at radius 2 is 1.90 bits per heavy atom. The molecule has 0 aromatic heterocycles. The van der Waals surface area contributed by atoms with Gasteiger partial charge >= 0.3 is 0 Å². The fraction of sp³-hybridized carbons (Fsp3) is 0.409. The highest BCUT2D eigenvalue weighted by molar-refractivity contribution is 7.89. The number of rotatable bonds is 5. The first kappa shape index (κ1) is 21.8. The molecular formula is C22H27ClN2O3S. The minimum absolute atomic E-state index is 0.000110. The van der Waals surface area contributed by atoms with E-state index in [1.807, 2.05) is 44.2 Å². The fourth-order valence-electron chi connectivity index (χ4n) is 3.67. The van der Waals surface area contributed by atoms with Gasteiger partial charge in [-0.3, -0.25) is 4.79 Å². The van der Waals surface area contributed by atoms with Crippen LogP contribution in [-0.2, 0) is 10.0 Å². The van der Waals surface area contributed by atoms with E-state index in [1.54, 1.807) is 18.0 Å². The number of nitrogens with zero attached hydrogens (tertiary/aromatic N) is 2. The van der Waals surface area contributed by atoms with Crippen LogP contribution in [0, 0.1) is 5.92 Å². The Bertz CT molecular complexity index is 979. The van der Waals surface area contributed by atoms with Crippen LogP contribution in [0.2, 0.25) is 5.02 Å². The van der Waals surface area contributed by atoms with Crippen molar-refractivity contribution in [3.05, 3.63) is 64.7 Å². The molecule has 0 radical (unpaired) electrons. The van der Waals surface area contributed by atoms with Crippen LogP contribution in [0.25, 0.3) is 0 Å². The predicted octanol–water partition coefficient (Wildman–Crippen LogP) is 4.59. The van der Waals surface area contributed by atoms with Gasteiger partial charge in [-0.2, -0.15) is 4.31 Å². The standard InChI is InChI=1S/C22H27ClN2O3S/c1-16-8-7-13-25(15-16)29(27,28)21-14-19(11-12-20(21)23)22(26)24(3)17(2)18-9-5-4-6-10-18/h4-6,9-12,14,16-17H,7-8,13,15H2,1-3H3/t16-,17+/m1/s1. The van der Waals surface area contributed by atoms with Gasteiger partial charge in [-0.05, 0) is 49.4 Å². The Hall–Kier alpha value is -1.89. The summed E-state index contributed by atoms with van der Waals surface area (Å²) >= 11 is 6.25. The number of carbonyl (C=O) groups excluding carboxylic acids is 1. The van der Waals surface area contributed by atoms with E-state index in [9.17, 15) is 13.2 Å². The maximum Gasteiger partial charge on any atom is 0.254 e. The number of hydrogen-bond acceptors (Lipinski definition) is 3. The van der Waals surface area contributed by atoms with Crippen molar-refractivity contribution >= 4 is 27.5 Å². The Morgan fingerprint density at radius 1 is 1.21 bits per heavy atom. The average Bonchev–Trinajstić information content (AvgIpc) is 2.73. The smallest absolute Gasteiger partial charge is 0.254 e. The lowest BCUT2D eigenvalue weighted by atomic mass is 10.0. The molecule has 0 N–H and O–H groups in total. The van der Waals surface area contributed by atoms with Gasteiger partial charge in [0, 0.05) is 25.7 Å². The van der Waals surface area contributed by atoms with Crippen LogP contribution in [0.1, 0.15) is 48.7 Å². The van der Waals surface area contributed by atoms with E-state index in [-0.39, 0.29) is 21.9 Å². The van der Waals surface area contributed by atoms with E-state index in [0.29, 0.717) is 24.6 Å². The molecule has 1 aliphatic rings. The molecule has 1 saturated heterocycles. The van der Waals surface area contributed by atoms with Crippen LogP contribution in [0.5, 0.6) is 0 Å². The van der Waals surface area contributed by atoms with Crippen LogP contribution < -0.4 is 0 Å². The van der Waals surface area contributed by atoms with Crippen LogP contribution in [0.15, 0.2) is 53.4 Å². The largest absolute Gasteiger partial charge is 0.335 e. The van der Waals surface area contributed by atoms with Crippen molar-refractivity contribution in [1.82, 2.24) is 9.21 Å². The lowest BCUT2D eigenvalue weighted by molar-refractivity contribution is 0.0742. The Morgan fingerprint density at radius 3 is 2.55 bits per heavy atom. The van der Waals surface area contributed by atoms with Gasteiger partial charge < -0.3 is 4.90 Å². The quantitative estimate of drug-likeness (QED) is 0.691. The number of piperidine rings is 1. The molecule has 0 unspecified atom stereocenters. The van der Waals surface area contributed by atoms with Gasteiger partial charge in [-0.15, -0.1) is 0 Å². The molecule has 1 fully saturated rings. The van der Waals surface area contributed by atoms with E-state index in [0.717, 1.165) is 18.4 Å². The SMILES string of the molecule is C[C@@H]1CCCN(S(=O)(=O)c2cc(C(=O)N(C)[C@@H](C)c3ccccc3)ccc2Cl)C1. The maximum atomic E-state index is 13.2. The van der Waals surface area contributed by atoms with Crippen molar-refractivity contribution < 1.29 is 13.2 Å². The van der Waals surface area contributed by atoms with Crippen molar-refractivity contribution in [3.63, 3.8) is 0 Å². The van der Waals surface area contributed by atoms with Crippen LogP contribution in [-0.4, -0.2) is 43.7 Å². The summed E-state index contributed by atoms with van der Waals surface area (Å²) in [6.07, 6.45) is 1.84. The highest BCUT2D eigenvalue weighted by Crippen LogP contribution is 2.30. The molecule has 0 bridgehead atoms. The molecule has 2 aromatic carbocycles. The van der Waals surface area contributed by atoms with Crippen molar-refractivity contribution in [3.8, 4) is 0 Å². The second-order valence-electron chi connectivity index (χ2n) is 7.76. The predicted molar refractivity (Wildman–Crippen MR) is 116 cm³/mol. The third-order valence-electron chi connectivity index (χ3n) is 5.60. The van der Waals surface area contributed by atoms with Crippen molar-refractivity contribution in [2.75, 3.05) is 20.1 Å². The summed E-state index contributed by atoms with van der Waals surface area (Å²) in [5.74, 6) is 0.0569. The Labute approximate surface area is 178 Å². The number of amides is 1. The van der Waals surface area contributed by atoms with Crippen LogP contribution >= 0.6 is 11.6 Å². The topological polar surface area (TPSA) is 57.7 Å². The summed E-state index contributed by atoms with van der Waals surface area (Å²) in [7, 11) is -2.03. The molecule has 0 saturated carbocycles. The Balaban J connectivity index is 1.89. The summed E-state index contributed by atoms with van der Waals surface area (Å²) in [5.41, 5.74) is 1.32. The normalized spacial score (nSPS) is 19.0. The molecule has 0 spiro atoms. The summed E-state index contributed by atoms with van der Waals surface area (Å²) in [4.78, 5) is 14.7. The zero-order valence-electron chi connectivity index (χ0n) is 17.0. The van der Waals surface area contributed by atoms with Gasteiger partial charge in [0.15, 0.2) is 0 Å². The first-order valence-corrected chi connectivity index (χ1v) is 11.7. The third-order valence-corrected chi connectivity index (χ3v) is 7.95. The molecule has 1 heterocycles. The zero-order valence-corrected chi connectivity index (χ0v) is 18.6. The monoisotopic (exact) mass is 434 g/mol. The van der Waals surface area contributed by atoms with Crippen molar-refractivity contribution in [1.29, 1.82) is 0 Å². The van der Waals surface area contributed by atoms with E-state index in [4.69, 9.17) is 11.6 Å². The molecule has 5 nitrogen and oxygen atoms in total. The van der Waals surface area contributed by atoms with E-state index < -0.39 is 10.0 Å². The number of halogens is 1. The average molecular weight is 435 g/mol.